The summed E-state index contributed by atoms with van der Waals surface area (Å²) >= 11 is 0. The zero-order valence-corrected chi connectivity index (χ0v) is 17.1. The van der Waals surface area contributed by atoms with E-state index in [-0.39, 0.29) is 0 Å². The molecular weight excluding hydrogens is 376 g/mol. The summed E-state index contributed by atoms with van der Waals surface area (Å²) < 4.78 is 0. The molecule has 0 aliphatic carbocycles. The summed E-state index contributed by atoms with van der Waals surface area (Å²) in [6, 6.07) is 8.27. The van der Waals surface area contributed by atoms with Crippen LogP contribution in [0.5, 0.6) is 0 Å². The molecule has 0 spiro atoms. The van der Waals surface area contributed by atoms with Crippen LogP contribution in [0.15, 0.2) is 41.7 Å². The molecule has 30 heavy (non-hydrogen) atoms. The van der Waals surface area contributed by atoms with Gasteiger partial charge in [0.2, 0.25) is 0 Å². The van der Waals surface area contributed by atoms with E-state index in [1.807, 2.05) is 12.4 Å². The van der Waals surface area contributed by atoms with Crippen molar-refractivity contribution in [1.29, 1.82) is 0 Å². The first-order valence-electron chi connectivity index (χ1n) is 10.5. The number of nitrogens with one attached hydrogen (secondary N) is 4. The van der Waals surface area contributed by atoms with Gasteiger partial charge in [0.1, 0.15) is 5.82 Å². The van der Waals surface area contributed by atoms with Crippen LogP contribution in [0.1, 0.15) is 31.0 Å². The van der Waals surface area contributed by atoms with Gasteiger partial charge in [-0.05, 0) is 43.0 Å². The lowest BCUT2D eigenvalue weighted by Gasteiger charge is -2.11. The number of benzene rings is 1. The van der Waals surface area contributed by atoms with Gasteiger partial charge in [-0.15, -0.1) is 0 Å². The van der Waals surface area contributed by atoms with Gasteiger partial charge in [-0.1, -0.05) is 19.1 Å². The van der Waals surface area contributed by atoms with Crippen LogP contribution >= 0.6 is 0 Å². The molecule has 0 saturated carbocycles. The molecule has 8 nitrogen and oxygen atoms in total. The number of aliphatic imine (C=N–C) groups is 1. The highest BCUT2D eigenvalue weighted by atomic mass is 15.1. The van der Waals surface area contributed by atoms with Crippen LogP contribution in [0, 0.1) is 5.92 Å². The fraction of sp³-hybridized carbons (Fsp3) is 0.364. The molecule has 1 aromatic carbocycles. The molecule has 4 heterocycles. The van der Waals surface area contributed by atoms with E-state index in [1.165, 1.54) is 0 Å². The van der Waals surface area contributed by atoms with Gasteiger partial charge in [0, 0.05) is 48.4 Å². The molecule has 2 aliphatic heterocycles. The summed E-state index contributed by atoms with van der Waals surface area (Å²) in [4.78, 5) is 14.3. The lowest BCUT2D eigenvalue weighted by atomic mass is 10.1. The van der Waals surface area contributed by atoms with Gasteiger partial charge < -0.3 is 16.0 Å². The predicted octanol–water partition coefficient (Wildman–Crippen LogP) is 3.31. The minimum atomic E-state index is 0.543. The third-order valence-corrected chi connectivity index (χ3v) is 5.66. The first kappa shape index (κ1) is 18.9. The molecule has 154 valence electrons. The Labute approximate surface area is 175 Å². The molecule has 8 heteroatoms. The molecule has 1 unspecified atom stereocenters. The second-order valence-electron chi connectivity index (χ2n) is 8.04. The Hall–Kier alpha value is -3.10. The van der Waals surface area contributed by atoms with Crippen molar-refractivity contribution in [3.05, 3.63) is 47.9 Å². The Balaban J connectivity index is 1.41. The van der Waals surface area contributed by atoms with E-state index in [0.29, 0.717) is 11.9 Å². The summed E-state index contributed by atoms with van der Waals surface area (Å²) in [6.45, 7) is 5.63. The average molecular weight is 403 g/mol. The molecule has 1 fully saturated rings. The van der Waals surface area contributed by atoms with Crippen molar-refractivity contribution in [1.82, 2.24) is 30.8 Å². The predicted molar refractivity (Wildman–Crippen MR) is 118 cm³/mol. The van der Waals surface area contributed by atoms with Crippen LogP contribution < -0.4 is 16.0 Å². The molecule has 1 atom stereocenters. The molecule has 0 radical (unpaired) electrons. The van der Waals surface area contributed by atoms with Crippen LogP contribution in [-0.2, 0) is 13.1 Å². The molecule has 0 bridgehead atoms. The number of nitrogens with zero attached hydrogens (tertiary/aromatic N) is 4. The standard InChI is InChI=1S/C22H26N8/c1-14-2-5-18(11-23-8-14)28-22-29-20-13-24-12-19(20)21(30-22)27-17-6-3-15(4-7-17)16-9-25-26-10-16/h3-4,6-7,9-10,14,23-24H,2,5,8,11-13H2,1H3,(H,25,26)(H,27,29,30). The number of aromatic amines is 1. The smallest absolute Gasteiger partial charge is 0.251 e. The minimum absolute atomic E-state index is 0.543. The van der Waals surface area contributed by atoms with Crippen LogP contribution in [0.25, 0.3) is 11.1 Å². The summed E-state index contributed by atoms with van der Waals surface area (Å²) in [5.74, 6) is 2.04. The number of hydrogen-bond donors (Lipinski definition) is 4. The van der Waals surface area contributed by atoms with E-state index >= 15 is 0 Å². The number of H-pyrrole nitrogens is 1. The number of hydrogen-bond acceptors (Lipinski definition) is 7. The van der Waals surface area contributed by atoms with Crippen LogP contribution in [-0.4, -0.2) is 39.0 Å². The minimum Gasteiger partial charge on any atom is -0.340 e. The molecular formula is C22H26N8. The van der Waals surface area contributed by atoms with Gasteiger partial charge in [-0.3, -0.25) is 5.10 Å². The Morgan fingerprint density at radius 3 is 2.77 bits per heavy atom. The van der Waals surface area contributed by atoms with E-state index < -0.39 is 0 Å². The van der Waals surface area contributed by atoms with E-state index in [0.717, 1.165) is 78.6 Å². The highest BCUT2D eigenvalue weighted by molar-refractivity contribution is 5.88. The quantitative estimate of drug-likeness (QED) is 0.534. The van der Waals surface area contributed by atoms with Crippen molar-refractivity contribution in [2.24, 2.45) is 10.9 Å². The van der Waals surface area contributed by atoms with E-state index in [2.05, 4.69) is 57.3 Å². The number of anilines is 2. The zero-order chi connectivity index (χ0) is 20.3. The normalized spacial score (nSPS) is 20.2. The summed E-state index contributed by atoms with van der Waals surface area (Å²) in [7, 11) is 0. The lowest BCUT2D eigenvalue weighted by Crippen LogP contribution is -2.22. The fourth-order valence-corrected chi connectivity index (χ4v) is 3.90. The highest BCUT2D eigenvalue weighted by Crippen LogP contribution is 2.28. The number of fused-ring (bicyclic) bond motifs is 1. The maximum Gasteiger partial charge on any atom is 0.251 e. The van der Waals surface area contributed by atoms with Crippen molar-refractivity contribution >= 4 is 23.2 Å². The van der Waals surface area contributed by atoms with Crippen molar-refractivity contribution < 1.29 is 0 Å². The summed E-state index contributed by atoms with van der Waals surface area (Å²) in [5, 5.41) is 17.2. The van der Waals surface area contributed by atoms with E-state index in [1.54, 1.807) is 0 Å². The molecule has 2 aliphatic rings. The Morgan fingerprint density at radius 2 is 1.93 bits per heavy atom. The molecule has 0 amide bonds. The molecule has 1 saturated heterocycles. The van der Waals surface area contributed by atoms with Gasteiger partial charge in [0.15, 0.2) is 0 Å². The van der Waals surface area contributed by atoms with Crippen molar-refractivity contribution in [2.45, 2.75) is 32.9 Å². The van der Waals surface area contributed by atoms with Crippen molar-refractivity contribution in [3.8, 4) is 11.1 Å². The molecule has 2 aromatic heterocycles. The molecule has 5 rings (SSSR count). The monoisotopic (exact) mass is 402 g/mol. The van der Waals surface area contributed by atoms with E-state index in [4.69, 9.17) is 15.0 Å². The highest BCUT2D eigenvalue weighted by Gasteiger charge is 2.20. The zero-order valence-electron chi connectivity index (χ0n) is 17.1. The van der Waals surface area contributed by atoms with Crippen LogP contribution in [0.3, 0.4) is 0 Å². The average Bonchev–Trinajstić information content (AvgIpc) is 3.41. The first-order chi connectivity index (χ1) is 14.7. The van der Waals surface area contributed by atoms with Crippen molar-refractivity contribution in [2.75, 3.05) is 18.4 Å². The summed E-state index contributed by atoms with van der Waals surface area (Å²) in [5.41, 5.74) is 6.44. The summed E-state index contributed by atoms with van der Waals surface area (Å²) in [6.07, 6.45) is 5.84. The van der Waals surface area contributed by atoms with Crippen molar-refractivity contribution in [3.63, 3.8) is 0 Å². The van der Waals surface area contributed by atoms with Gasteiger partial charge in [0.25, 0.3) is 5.95 Å². The Kier molecular flexibility index (Phi) is 5.25. The van der Waals surface area contributed by atoms with Gasteiger partial charge in [-0.25, -0.2) is 9.98 Å². The fourth-order valence-electron chi connectivity index (χ4n) is 3.90. The molecule has 4 N–H and O–H groups in total. The third kappa shape index (κ3) is 4.10. The SMILES string of the molecule is CC1CCC(=Nc2nc3c(c(Nc4ccc(-c5cn[nH]c5)cc4)n2)CNC3)CNC1. The van der Waals surface area contributed by atoms with Crippen LogP contribution in [0.4, 0.5) is 17.5 Å². The van der Waals surface area contributed by atoms with E-state index in [9.17, 15) is 0 Å². The van der Waals surface area contributed by atoms with Gasteiger partial charge >= 0.3 is 0 Å². The maximum atomic E-state index is 4.79. The first-order valence-corrected chi connectivity index (χ1v) is 10.5. The Morgan fingerprint density at radius 1 is 1.03 bits per heavy atom. The third-order valence-electron chi connectivity index (χ3n) is 5.66. The number of aromatic nitrogens is 4. The van der Waals surface area contributed by atoms with Crippen LogP contribution in [0.2, 0.25) is 0 Å². The maximum absolute atomic E-state index is 4.79. The molecule has 3 aromatic rings. The lowest BCUT2D eigenvalue weighted by molar-refractivity contribution is 0.527. The van der Waals surface area contributed by atoms with Gasteiger partial charge in [-0.2, -0.15) is 10.1 Å². The Bertz CT molecular complexity index is 1040. The second-order valence-corrected chi connectivity index (χ2v) is 8.04. The topological polar surface area (TPSA) is 103 Å². The van der Waals surface area contributed by atoms with Gasteiger partial charge in [0.05, 0.1) is 11.9 Å². The largest absolute Gasteiger partial charge is 0.340 e. The second kappa shape index (κ2) is 8.33. The number of rotatable bonds is 4.